The quantitative estimate of drug-likeness (QED) is 0.195. The van der Waals surface area contributed by atoms with Gasteiger partial charge >= 0.3 is 0 Å². The molecule has 0 radical (unpaired) electrons. The van der Waals surface area contributed by atoms with Crippen molar-refractivity contribution < 1.29 is 4.79 Å². The molecule has 8 heavy (non-hydrogen) atoms. The molecule has 0 aliphatic carbocycles. The molecule has 0 unspecified atom stereocenters. The Morgan fingerprint density at radius 1 is 1.75 bits per heavy atom. The fourth-order valence-corrected chi connectivity index (χ4v) is 0.217. The number of hydrogen-bond acceptors (Lipinski definition) is 2. The zero-order valence-electron chi connectivity index (χ0n) is 5.49. The molecule has 0 spiro atoms. The molecule has 0 aliphatic heterocycles. The highest BCUT2D eigenvalue weighted by atomic mass is 16.2. The molecule has 0 aromatic heterocycles. The minimum atomic E-state index is -0.366. The second-order valence-electron chi connectivity index (χ2n) is 2.72. The van der Waals surface area contributed by atoms with Gasteiger partial charge in [0, 0.05) is 5.31 Å². The van der Waals surface area contributed by atoms with Crippen LogP contribution in [0.4, 0.5) is 0 Å². The monoisotopic (exact) mass is 114 g/mol. The van der Waals surface area contributed by atoms with E-state index >= 15 is 0 Å². The Hall–Kier alpha value is -0.505. The molecular weight excluding hydrogens is 103 g/mol. The maximum Gasteiger partial charge on any atom is 0.231 e. The van der Waals surface area contributed by atoms with Crippen molar-refractivity contribution in [2.45, 2.75) is 19.2 Å². The van der Waals surface area contributed by atoms with Gasteiger partial charge in [-0.25, -0.2) is 5.84 Å². The van der Waals surface area contributed by atoms with Crippen molar-refractivity contribution in [2.24, 2.45) is 5.84 Å². The fraction of sp³-hybridized carbons (Fsp3) is 0.750. The molecule has 0 aliphatic rings. The van der Waals surface area contributed by atoms with E-state index in [9.17, 15) is 4.79 Å². The van der Waals surface area contributed by atoms with Crippen molar-refractivity contribution in [2.75, 3.05) is 0 Å². The predicted octanol–water partition coefficient (Wildman–Crippen LogP) is -1.19. The molecule has 3 N–H and O–H groups in total. The standard InChI is InChI=1S/C4H11BN2O/c1-4(2,5)3(8)7-6/h5-6H2,1-2H3,(H,7,8). The van der Waals surface area contributed by atoms with Crippen LogP contribution in [0.15, 0.2) is 0 Å². The minimum absolute atomic E-state index is 0.141. The van der Waals surface area contributed by atoms with E-state index in [-0.39, 0.29) is 11.2 Å². The van der Waals surface area contributed by atoms with Crippen LogP contribution < -0.4 is 11.3 Å². The molecule has 0 aromatic rings. The minimum Gasteiger partial charge on any atom is -0.294 e. The number of rotatable bonds is 1. The molecule has 0 rings (SSSR count). The lowest BCUT2D eigenvalue weighted by atomic mass is 9.72. The maximum atomic E-state index is 10.6. The summed E-state index contributed by atoms with van der Waals surface area (Å²) in [7, 11) is 1.80. The van der Waals surface area contributed by atoms with Crippen LogP contribution in [0.1, 0.15) is 13.8 Å². The zero-order valence-corrected chi connectivity index (χ0v) is 5.49. The Morgan fingerprint density at radius 2 is 2.12 bits per heavy atom. The van der Waals surface area contributed by atoms with E-state index in [2.05, 4.69) is 5.43 Å². The first kappa shape index (κ1) is 7.49. The van der Waals surface area contributed by atoms with E-state index in [4.69, 9.17) is 5.84 Å². The Labute approximate surface area is 50.0 Å². The summed E-state index contributed by atoms with van der Waals surface area (Å²) in [6.07, 6.45) is 0. The average Bonchev–Trinajstić information content (AvgIpc) is 1.62. The first-order valence-electron chi connectivity index (χ1n) is 2.49. The fourth-order valence-electron chi connectivity index (χ4n) is 0.217. The molecule has 4 heteroatoms. The van der Waals surface area contributed by atoms with Gasteiger partial charge < -0.3 is 0 Å². The molecule has 0 heterocycles. The van der Waals surface area contributed by atoms with Crippen LogP contribution in [0.2, 0.25) is 5.31 Å². The van der Waals surface area contributed by atoms with Crippen LogP contribution in [0.3, 0.4) is 0 Å². The third-order valence-corrected chi connectivity index (χ3v) is 0.812. The highest BCUT2D eigenvalue weighted by molar-refractivity contribution is 6.27. The Balaban J connectivity index is 3.82. The Morgan fingerprint density at radius 3 is 2.12 bits per heavy atom. The molecule has 0 aromatic carbocycles. The third-order valence-electron chi connectivity index (χ3n) is 0.812. The summed E-state index contributed by atoms with van der Waals surface area (Å²) in [5.74, 6) is 4.72. The molecule has 46 valence electrons. The van der Waals surface area contributed by atoms with Gasteiger partial charge in [0.15, 0.2) is 0 Å². The predicted molar refractivity (Wildman–Crippen MR) is 34.9 cm³/mol. The van der Waals surface area contributed by atoms with E-state index in [0.717, 1.165) is 0 Å². The average molecular weight is 114 g/mol. The van der Waals surface area contributed by atoms with E-state index in [0.29, 0.717) is 0 Å². The van der Waals surface area contributed by atoms with Gasteiger partial charge in [-0.3, -0.25) is 10.2 Å². The molecule has 0 bridgehead atoms. The van der Waals surface area contributed by atoms with Crippen LogP contribution >= 0.6 is 0 Å². The van der Waals surface area contributed by atoms with Crippen molar-refractivity contribution in [3.05, 3.63) is 0 Å². The molecular formula is C4H11BN2O. The largest absolute Gasteiger partial charge is 0.294 e. The van der Waals surface area contributed by atoms with Gasteiger partial charge in [0.25, 0.3) is 0 Å². The highest BCUT2D eigenvalue weighted by Gasteiger charge is 2.19. The topological polar surface area (TPSA) is 55.1 Å². The molecule has 0 saturated carbocycles. The Kier molecular flexibility index (Phi) is 2.04. The van der Waals surface area contributed by atoms with Crippen molar-refractivity contribution in [3.63, 3.8) is 0 Å². The first-order chi connectivity index (χ1) is 3.48. The molecule has 0 atom stereocenters. The number of amides is 1. The summed E-state index contributed by atoms with van der Waals surface area (Å²) in [6.45, 7) is 3.60. The number of carbonyl (C=O) groups is 1. The lowest BCUT2D eigenvalue weighted by molar-refractivity contribution is -0.123. The second kappa shape index (κ2) is 2.18. The highest BCUT2D eigenvalue weighted by Crippen LogP contribution is 2.16. The summed E-state index contributed by atoms with van der Waals surface area (Å²) in [5.41, 5.74) is 2.07. The van der Waals surface area contributed by atoms with Crippen molar-refractivity contribution >= 4 is 13.8 Å². The van der Waals surface area contributed by atoms with Crippen LogP contribution in [-0.2, 0) is 4.79 Å². The summed E-state index contributed by atoms with van der Waals surface area (Å²) in [6, 6.07) is 0. The SMILES string of the molecule is BC(C)(C)C(=O)NN. The van der Waals surface area contributed by atoms with E-state index < -0.39 is 0 Å². The second-order valence-corrected chi connectivity index (χ2v) is 2.72. The van der Waals surface area contributed by atoms with E-state index in [1.54, 1.807) is 21.7 Å². The summed E-state index contributed by atoms with van der Waals surface area (Å²) in [5, 5.41) is -0.366. The summed E-state index contributed by atoms with van der Waals surface area (Å²) >= 11 is 0. The van der Waals surface area contributed by atoms with Gasteiger partial charge in [0.1, 0.15) is 7.85 Å². The van der Waals surface area contributed by atoms with Crippen LogP contribution in [-0.4, -0.2) is 13.8 Å². The molecule has 0 saturated heterocycles. The maximum absolute atomic E-state index is 10.6. The summed E-state index contributed by atoms with van der Waals surface area (Å²) in [4.78, 5) is 10.6. The summed E-state index contributed by atoms with van der Waals surface area (Å²) < 4.78 is 0. The van der Waals surface area contributed by atoms with Gasteiger partial charge in [-0.2, -0.15) is 0 Å². The van der Waals surface area contributed by atoms with Gasteiger partial charge in [-0.1, -0.05) is 13.8 Å². The zero-order chi connectivity index (χ0) is 6.78. The lowest BCUT2D eigenvalue weighted by Crippen LogP contribution is -2.37. The number of nitrogens with one attached hydrogen (secondary N) is 1. The number of nitrogens with two attached hydrogens (primary N) is 1. The molecule has 3 nitrogen and oxygen atoms in total. The van der Waals surface area contributed by atoms with Gasteiger partial charge in [-0.05, 0) is 0 Å². The van der Waals surface area contributed by atoms with Gasteiger partial charge in [-0.15, -0.1) is 0 Å². The number of hydrazine groups is 1. The Bertz CT molecular complexity index is 96.7. The molecule has 0 fully saturated rings. The number of carbonyl (C=O) groups excluding carboxylic acids is 1. The first-order valence-corrected chi connectivity index (χ1v) is 2.49. The van der Waals surface area contributed by atoms with Crippen molar-refractivity contribution in [1.82, 2.24) is 5.43 Å². The number of hydrogen-bond donors (Lipinski definition) is 2. The smallest absolute Gasteiger partial charge is 0.231 e. The van der Waals surface area contributed by atoms with Crippen molar-refractivity contribution in [3.8, 4) is 0 Å². The van der Waals surface area contributed by atoms with Crippen LogP contribution in [0.25, 0.3) is 0 Å². The molecule has 1 amide bonds. The normalized spacial score (nSPS) is 10.9. The van der Waals surface area contributed by atoms with Crippen LogP contribution in [0, 0.1) is 0 Å². The lowest BCUT2D eigenvalue weighted by Gasteiger charge is -2.14. The van der Waals surface area contributed by atoms with Gasteiger partial charge in [0.2, 0.25) is 5.91 Å². The van der Waals surface area contributed by atoms with E-state index in [1.807, 2.05) is 0 Å². The van der Waals surface area contributed by atoms with Gasteiger partial charge in [0.05, 0.1) is 0 Å². The van der Waals surface area contributed by atoms with Crippen molar-refractivity contribution in [1.29, 1.82) is 0 Å². The van der Waals surface area contributed by atoms with E-state index in [1.165, 1.54) is 0 Å². The third kappa shape index (κ3) is 1.98. The van der Waals surface area contributed by atoms with Crippen LogP contribution in [0.5, 0.6) is 0 Å².